The van der Waals surface area contributed by atoms with E-state index in [0.29, 0.717) is 16.6 Å². The lowest BCUT2D eigenvalue weighted by Gasteiger charge is -2.05. The number of fused-ring (bicyclic) bond motifs is 1. The molecule has 2 N–H and O–H groups in total. The lowest BCUT2D eigenvalue weighted by Crippen LogP contribution is -2.29. The normalized spacial score (nSPS) is 10.9. The van der Waals surface area contributed by atoms with E-state index in [1.165, 1.54) is 0 Å². The molecule has 0 aliphatic rings. The molecule has 0 unspecified atom stereocenters. The molecule has 136 valence electrons. The number of rotatable bonds is 5. The van der Waals surface area contributed by atoms with Gasteiger partial charge in [0.05, 0.1) is 11.1 Å². The number of carbonyl (C=O) groups excluding carboxylic acids is 1. The van der Waals surface area contributed by atoms with Crippen LogP contribution in [0.15, 0.2) is 60.1 Å². The highest BCUT2D eigenvalue weighted by Gasteiger charge is 2.23. The van der Waals surface area contributed by atoms with Crippen LogP contribution in [0.2, 0.25) is 5.02 Å². The molecular weight excluding hydrogens is 382 g/mol. The number of ether oxygens (including phenoxy) is 1. The summed E-state index contributed by atoms with van der Waals surface area (Å²) in [5.41, 5.74) is 2.92. The van der Waals surface area contributed by atoms with E-state index in [1.54, 1.807) is 35.6 Å². The van der Waals surface area contributed by atoms with Crippen molar-refractivity contribution in [2.24, 2.45) is 0 Å². The van der Waals surface area contributed by atoms with Crippen molar-refractivity contribution < 1.29 is 13.9 Å². The highest BCUT2D eigenvalue weighted by atomic mass is 35.5. The Labute approximate surface area is 165 Å². The first-order valence-corrected chi connectivity index (χ1v) is 9.62. The molecule has 0 aliphatic carbocycles. The number of benzene rings is 1. The summed E-state index contributed by atoms with van der Waals surface area (Å²) >= 11 is 7.47. The van der Waals surface area contributed by atoms with E-state index in [9.17, 15) is 4.79 Å². The number of amides is 1. The van der Waals surface area contributed by atoms with E-state index in [1.807, 2.05) is 47.2 Å². The summed E-state index contributed by atoms with van der Waals surface area (Å²) in [5.74, 6) is 1.05. The molecule has 0 spiro atoms. The Bertz CT molecular complexity index is 1090. The van der Waals surface area contributed by atoms with Crippen molar-refractivity contribution in [3.05, 3.63) is 70.7 Å². The molecule has 0 saturated heterocycles. The molecule has 0 radical (unpaired) electrons. The summed E-state index contributed by atoms with van der Waals surface area (Å²) < 4.78 is 7.48. The van der Waals surface area contributed by atoms with Crippen LogP contribution in [0.1, 0.15) is 5.56 Å². The molecule has 27 heavy (non-hydrogen) atoms. The van der Waals surface area contributed by atoms with Gasteiger partial charge in [0, 0.05) is 11.1 Å². The minimum absolute atomic E-state index is 0.0927. The number of imidazole rings is 1. The monoisotopic (exact) mass is 398 g/mol. The van der Waals surface area contributed by atoms with Gasteiger partial charge in [0.25, 0.3) is 5.82 Å². The summed E-state index contributed by atoms with van der Waals surface area (Å²) in [5, 5.41) is 5.60. The van der Waals surface area contributed by atoms with Crippen LogP contribution in [-0.4, -0.2) is 17.5 Å². The number of nitrogens with one attached hydrogen (secondary N) is 2. The Balaban J connectivity index is 1.59. The predicted octanol–water partition coefficient (Wildman–Crippen LogP) is 4.46. The van der Waals surface area contributed by atoms with Gasteiger partial charge in [0.1, 0.15) is 5.75 Å². The first kappa shape index (κ1) is 17.6. The zero-order chi connectivity index (χ0) is 18.8. The van der Waals surface area contributed by atoms with Gasteiger partial charge in [0.15, 0.2) is 12.3 Å². The topological polar surface area (TPSA) is 58.2 Å². The SMILES string of the molecule is Cc1cc[n+]2c(NC(=O)COc3ccc(Cl)cc3)c(-c3cccs3)[nH]c2c1. The van der Waals surface area contributed by atoms with Crippen LogP contribution < -0.4 is 14.5 Å². The number of hydrogen-bond acceptors (Lipinski definition) is 3. The van der Waals surface area contributed by atoms with Crippen LogP contribution in [0.3, 0.4) is 0 Å². The smallest absolute Gasteiger partial charge is 0.318 e. The number of halogens is 1. The molecule has 1 aromatic carbocycles. The molecule has 0 aliphatic heterocycles. The van der Waals surface area contributed by atoms with E-state index in [0.717, 1.165) is 21.8 Å². The standard InChI is InChI=1S/C20H16ClN3O2S/c1-13-8-9-24-17(11-13)22-19(16-3-2-10-27-16)20(24)23-18(25)12-26-15-6-4-14(21)5-7-15/h2-11H,12H2,1H3,(H,23,25)/p+1. The molecule has 5 nitrogen and oxygen atoms in total. The van der Waals surface area contributed by atoms with Gasteiger partial charge in [-0.05, 0) is 54.3 Å². The lowest BCUT2D eigenvalue weighted by atomic mass is 10.3. The number of aryl methyl sites for hydroxylation is 1. The van der Waals surface area contributed by atoms with Crippen LogP contribution in [0, 0.1) is 6.92 Å². The Kier molecular flexibility index (Phi) is 4.83. The van der Waals surface area contributed by atoms with Crippen LogP contribution in [0.5, 0.6) is 5.75 Å². The van der Waals surface area contributed by atoms with Crippen LogP contribution >= 0.6 is 22.9 Å². The number of thiophene rings is 1. The second kappa shape index (κ2) is 7.42. The van der Waals surface area contributed by atoms with Crippen molar-refractivity contribution in [3.63, 3.8) is 0 Å². The van der Waals surface area contributed by atoms with Crippen molar-refractivity contribution in [3.8, 4) is 16.3 Å². The number of carbonyl (C=O) groups is 1. The minimum atomic E-state index is -0.239. The molecule has 7 heteroatoms. The summed E-state index contributed by atoms with van der Waals surface area (Å²) in [6, 6.07) is 14.9. The molecule has 1 amide bonds. The number of pyridine rings is 1. The molecule has 4 aromatic rings. The molecule has 0 bridgehead atoms. The van der Waals surface area contributed by atoms with Crippen molar-refractivity contribution >= 4 is 40.3 Å². The predicted molar refractivity (Wildman–Crippen MR) is 108 cm³/mol. The third kappa shape index (κ3) is 3.82. The van der Waals surface area contributed by atoms with E-state index in [4.69, 9.17) is 16.3 Å². The number of hydrogen-bond donors (Lipinski definition) is 2. The summed E-state index contributed by atoms with van der Waals surface area (Å²) in [6.07, 6.45) is 1.94. The molecule has 3 heterocycles. The Morgan fingerprint density at radius 2 is 2.07 bits per heavy atom. The Hall–Kier alpha value is -2.83. The quantitative estimate of drug-likeness (QED) is 0.487. The molecule has 0 fully saturated rings. The third-order valence-corrected chi connectivity index (χ3v) is 5.19. The number of aromatic nitrogens is 2. The first-order chi connectivity index (χ1) is 13.1. The molecule has 3 aromatic heterocycles. The highest BCUT2D eigenvalue weighted by Crippen LogP contribution is 2.29. The summed E-state index contributed by atoms with van der Waals surface area (Å²) in [7, 11) is 0. The first-order valence-electron chi connectivity index (χ1n) is 8.36. The fourth-order valence-corrected chi connectivity index (χ4v) is 3.63. The maximum atomic E-state index is 12.5. The molecule has 4 rings (SSSR count). The highest BCUT2D eigenvalue weighted by molar-refractivity contribution is 7.13. The molecule has 0 atom stereocenters. The minimum Gasteiger partial charge on any atom is -0.482 e. The maximum absolute atomic E-state index is 12.5. The lowest BCUT2D eigenvalue weighted by molar-refractivity contribution is -0.494. The second-order valence-electron chi connectivity index (χ2n) is 6.08. The Morgan fingerprint density at radius 3 is 2.81 bits per heavy atom. The second-order valence-corrected chi connectivity index (χ2v) is 7.46. The van der Waals surface area contributed by atoms with Crippen molar-refractivity contribution in [1.29, 1.82) is 0 Å². The van der Waals surface area contributed by atoms with Crippen LogP contribution in [0.4, 0.5) is 5.82 Å². The van der Waals surface area contributed by atoms with E-state index < -0.39 is 0 Å². The van der Waals surface area contributed by atoms with Crippen molar-refractivity contribution in [2.75, 3.05) is 11.9 Å². The van der Waals surface area contributed by atoms with Gasteiger partial charge in [-0.25, -0.2) is 9.72 Å². The summed E-state index contributed by atoms with van der Waals surface area (Å²) in [6.45, 7) is 1.94. The van der Waals surface area contributed by atoms with Crippen molar-refractivity contribution in [2.45, 2.75) is 6.92 Å². The zero-order valence-corrected chi connectivity index (χ0v) is 16.1. The van der Waals surface area contributed by atoms with Gasteiger partial charge >= 0.3 is 5.91 Å². The number of aromatic amines is 1. The third-order valence-electron chi connectivity index (χ3n) is 4.05. The molecule has 0 saturated carbocycles. The van der Waals surface area contributed by atoms with Gasteiger partial charge < -0.3 is 4.74 Å². The number of H-pyrrole nitrogens is 1. The van der Waals surface area contributed by atoms with E-state index >= 15 is 0 Å². The van der Waals surface area contributed by atoms with Crippen LogP contribution in [-0.2, 0) is 4.79 Å². The zero-order valence-electron chi connectivity index (χ0n) is 14.5. The molecular formula is C20H17ClN3O2S+. The van der Waals surface area contributed by atoms with Gasteiger partial charge in [-0.3, -0.25) is 9.78 Å². The number of nitrogens with zero attached hydrogens (tertiary/aromatic N) is 1. The van der Waals surface area contributed by atoms with E-state index in [-0.39, 0.29) is 12.5 Å². The van der Waals surface area contributed by atoms with Gasteiger partial charge in [-0.1, -0.05) is 17.7 Å². The van der Waals surface area contributed by atoms with Crippen LogP contribution in [0.25, 0.3) is 16.2 Å². The fraction of sp³-hybridized carbons (Fsp3) is 0.100. The average Bonchev–Trinajstić information content (AvgIpc) is 3.29. The Morgan fingerprint density at radius 1 is 1.26 bits per heavy atom. The largest absolute Gasteiger partial charge is 0.482 e. The number of anilines is 1. The van der Waals surface area contributed by atoms with Gasteiger partial charge in [-0.2, -0.15) is 0 Å². The van der Waals surface area contributed by atoms with Gasteiger partial charge in [0.2, 0.25) is 5.65 Å². The van der Waals surface area contributed by atoms with Gasteiger partial charge in [-0.15, -0.1) is 11.3 Å². The van der Waals surface area contributed by atoms with E-state index in [2.05, 4.69) is 10.3 Å². The summed E-state index contributed by atoms with van der Waals surface area (Å²) in [4.78, 5) is 16.9. The maximum Gasteiger partial charge on any atom is 0.318 e. The average molecular weight is 399 g/mol. The fourth-order valence-electron chi connectivity index (χ4n) is 2.77. The van der Waals surface area contributed by atoms with Crippen molar-refractivity contribution in [1.82, 2.24) is 4.98 Å².